The van der Waals surface area contributed by atoms with Gasteiger partial charge in [0.25, 0.3) is 0 Å². The van der Waals surface area contributed by atoms with Crippen LogP contribution in [0, 0.1) is 6.92 Å². The molecule has 0 atom stereocenters. The summed E-state index contributed by atoms with van der Waals surface area (Å²) in [5.41, 5.74) is 6.19. The Kier molecular flexibility index (Phi) is 38.4. The molecule has 0 bridgehead atoms. The Morgan fingerprint density at radius 3 is 1.41 bits per heavy atom. The van der Waals surface area contributed by atoms with Crippen LogP contribution in [-0.2, 0) is 66.4 Å². The van der Waals surface area contributed by atoms with E-state index in [1.807, 2.05) is 39.8 Å². The largest absolute Gasteiger partial charge is 0.507 e. The monoisotopic (exact) mass is 1120 g/mol. The van der Waals surface area contributed by atoms with Crippen molar-refractivity contribution in [2.75, 3.05) is 190 Å². The fourth-order valence-electron chi connectivity index (χ4n) is 7.58. The number of aryl methyl sites for hydroxylation is 1. The molecule has 1 aliphatic rings. The van der Waals surface area contributed by atoms with Crippen LogP contribution in [-0.4, -0.2) is 218 Å². The van der Waals surface area contributed by atoms with Gasteiger partial charge in [-0.3, -0.25) is 9.59 Å². The summed E-state index contributed by atoms with van der Waals surface area (Å²) in [6, 6.07) is 8.40. The number of anilines is 1. The fourth-order valence-corrected chi connectivity index (χ4v) is 7.58. The number of aliphatic carboxylic acids is 1. The summed E-state index contributed by atoms with van der Waals surface area (Å²) >= 11 is 0. The van der Waals surface area contributed by atoms with E-state index in [2.05, 4.69) is 22.0 Å². The highest BCUT2D eigenvalue weighted by Gasteiger charge is 2.24. The number of allylic oxidation sites excluding steroid dienone is 4. The van der Waals surface area contributed by atoms with Gasteiger partial charge in [0, 0.05) is 54.6 Å². The molecule has 0 fully saturated rings. The molecule has 2 aromatic carbocycles. The number of ether oxygens (including phenoxy) is 13. The van der Waals surface area contributed by atoms with Gasteiger partial charge in [-0.05, 0) is 87.1 Å². The van der Waals surface area contributed by atoms with Gasteiger partial charge in [0.05, 0.1) is 177 Å². The summed E-state index contributed by atoms with van der Waals surface area (Å²) in [6.07, 6.45) is 5.29. The number of carbonyl (C=O) groups is 3. The average Bonchev–Trinajstić information content (AvgIpc) is 3.45. The smallest absolute Gasteiger partial charge is 0.336 e. The number of likely N-dealkylation sites (N-methyl/N-ethyl adjacent to an activating group) is 1. The Balaban J connectivity index is 1.11. The van der Waals surface area contributed by atoms with E-state index in [1.54, 1.807) is 18.2 Å². The van der Waals surface area contributed by atoms with E-state index in [1.165, 1.54) is 6.07 Å². The Labute approximate surface area is 466 Å². The predicted molar refractivity (Wildman–Crippen MR) is 296 cm³/mol. The molecule has 0 saturated carbocycles. The molecule has 0 spiro atoms. The third-order valence-electron chi connectivity index (χ3n) is 11.4. The van der Waals surface area contributed by atoms with Crippen molar-refractivity contribution >= 4 is 29.1 Å². The van der Waals surface area contributed by atoms with Gasteiger partial charge in [0.15, 0.2) is 0 Å². The first kappa shape index (κ1) is 68.1. The lowest BCUT2D eigenvalue weighted by atomic mass is 9.85. The maximum absolute atomic E-state index is 12.7. The van der Waals surface area contributed by atoms with Crippen LogP contribution in [0.1, 0.15) is 73.5 Å². The zero-order valence-corrected chi connectivity index (χ0v) is 47.0. The topological polar surface area (TPSA) is 268 Å². The highest BCUT2D eigenvalue weighted by Crippen LogP contribution is 2.41. The first-order valence-electron chi connectivity index (χ1n) is 27.4. The van der Waals surface area contributed by atoms with Crippen LogP contribution in [0.25, 0.3) is 5.57 Å². The van der Waals surface area contributed by atoms with E-state index in [9.17, 15) is 24.6 Å². The number of hydrogen-bond acceptors (Lipinski definition) is 19. The molecule has 6 N–H and O–H groups in total. The minimum Gasteiger partial charge on any atom is -0.507 e. The average molecular weight is 1120 g/mol. The molecule has 0 aromatic heterocycles. The van der Waals surface area contributed by atoms with Crippen LogP contribution in [0.5, 0.6) is 11.5 Å². The number of nitrogens with one attached hydrogen (secondary N) is 3. The van der Waals surface area contributed by atoms with Crippen molar-refractivity contribution < 1.29 is 91.3 Å². The van der Waals surface area contributed by atoms with Crippen LogP contribution in [0.15, 0.2) is 59.3 Å². The van der Waals surface area contributed by atoms with Gasteiger partial charge in [0.2, 0.25) is 5.91 Å². The van der Waals surface area contributed by atoms with E-state index < -0.39 is 11.9 Å². The predicted octanol–water partition coefficient (Wildman–Crippen LogP) is 5.43. The number of benzene rings is 2. The zero-order valence-electron chi connectivity index (χ0n) is 47.0. The van der Waals surface area contributed by atoms with Gasteiger partial charge in [-0.15, -0.1) is 0 Å². The van der Waals surface area contributed by atoms with Gasteiger partial charge in [-0.2, -0.15) is 0 Å². The quantitative estimate of drug-likeness (QED) is 0.0451. The SMILES string of the molecule is CCNC1=CC/C(=C(\c2cc(C)c(NCC)cc2O)c2cc(OCCCC(=O)NCCOCCOCCOCCOCCOCCOCCOCCOCCOCCOCCOCCOCCC(=O)O)ccc2C(=O)O)C=C1C. The van der Waals surface area contributed by atoms with Crippen molar-refractivity contribution in [2.24, 2.45) is 0 Å². The maximum Gasteiger partial charge on any atom is 0.336 e. The molecule has 22 nitrogen and oxygen atoms in total. The third kappa shape index (κ3) is 31.4. The maximum atomic E-state index is 12.7. The lowest BCUT2D eigenvalue weighted by molar-refractivity contribution is -0.138. The Morgan fingerprint density at radius 1 is 0.519 bits per heavy atom. The number of carboxylic acids is 2. The number of carboxylic acid groups (broad SMARTS) is 2. The second kappa shape index (κ2) is 44.5. The molecule has 0 unspecified atom stereocenters. The number of phenolic OH excluding ortho intramolecular Hbond substituents is 1. The lowest BCUT2D eigenvalue weighted by Crippen LogP contribution is -2.27. The molecule has 446 valence electrons. The van der Waals surface area contributed by atoms with E-state index in [-0.39, 0.29) is 43.3 Å². The highest BCUT2D eigenvalue weighted by molar-refractivity contribution is 5.99. The van der Waals surface area contributed by atoms with Gasteiger partial charge < -0.3 is 92.8 Å². The molecule has 0 aliphatic heterocycles. The number of aromatic hydroxyl groups is 1. The molecule has 3 rings (SSSR count). The van der Waals surface area contributed by atoms with Crippen molar-refractivity contribution in [3.63, 3.8) is 0 Å². The summed E-state index contributed by atoms with van der Waals surface area (Å²) in [5.74, 6) is -1.65. The Morgan fingerprint density at radius 2 is 0.975 bits per heavy atom. The number of phenols is 1. The molecular weight excluding hydrogens is 1030 g/mol. The standard InChI is InChI=1S/C57H89N3O19/c1-5-58-51-12-9-46(40-44(51)3)56(50-41-45(4)52(59-6-2)43-53(50)61)49-42-47(10-11-48(49)57(65)66)79-15-7-8-54(62)60-14-17-68-19-21-70-23-25-72-27-29-74-31-33-76-35-37-78-39-38-77-36-34-75-32-30-73-28-26-71-24-22-69-20-18-67-16-13-55(63)64/h10-12,40-43,58-59,61H,5-9,13-39H2,1-4H3,(H,60,62)(H,63,64)(H,65,66)/b56-46+. The molecule has 1 amide bonds. The van der Waals surface area contributed by atoms with Gasteiger partial charge in [-0.1, -0.05) is 12.2 Å². The molecule has 1 aliphatic carbocycles. The minimum absolute atomic E-state index is 0.0151. The highest BCUT2D eigenvalue weighted by atomic mass is 16.6. The fraction of sp³-hybridized carbons (Fsp3) is 0.632. The molecule has 0 saturated heterocycles. The molecule has 79 heavy (non-hydrogen) atoms. The number of aromatic carboxylic acids is 1. The number of hydrogen-bond donors (Lipinski definition) is 6. The molecule has 0 radical (unpaired) electrons. The Hall–Kier alpha value is -5.21. The zero-order chi connectivity index (χ0) is 57.0. The minimum atomic E-state index is -1.10. The van der Waals surface area contributed by atoms with Crippen molar-refractivity contribution in [1.29, 1.82) is 0 Å². The normalized spacial score (nSPS) is 13.0. The second-order valence-corrected chi connectivity index (χ2v) is 17.6. The van der Waals surface area contributed by atoms with E-state index in [0.717, 1.165) is 34.6 Å². The van der Waals surface area contributed by atoms with Gasteiger partial charge in [-0.25, -0.2) is 4.79 Å². The van der Waals surface area contributed by atoms with Crippen LogP contribution >= 0.6 is 0 Å². The van der Waals surface area contributed by atoms with E-state index in [0.29, 0.717) is 200 Å². The van der Waals surface area contributed by atoms with Crippen molar-refractivity contribution in [3.05, 3.63) is 81.6 Å². The van der Waals surface area contributed by atoms with Crippen LogP contribution in [0.4, 0.5) is 5.69 Å². The first-order valence-corrected chi connectivity index (χ1v) is 27.4. The summed E-state index contributed by atoms with van der Waals surface area (Å²) in [5, 5.41) is 39.8. The lowest BCUT2D eigenvalue weighted by Gasteiger charge is -2.23. The van der Waals surface area contributed by atoms with Gasteiger partial charge in [0.1, 0.15) is 11.5 Å². The molecular formula is C57H89N3O19. The molecule has 2 aromatic rings. The third-order valence-corrected chi connectivity index (χ3v) is 11.4. The first-order chi connectivity index (χ1) is 38.5. The summed E-state index contributed by atoms with van der Waals surface area (Å²) < 4.78 is 71.6. The number of rotatable bonds is 51. The van der Waals surface area contributed by atoms with Crippen molar-refractivity contribution in [2.45, 2.75) is 53.4 Å². The van der Waals surface area contributed by atoms with Crippen molar-refractivity contribution in [3.8, 4) is 11.5 Å². The second-order valence-electron chi connectivity index (χ2n) is 17.6. The van der Waals surface area contributed by atoms with Crippen LogP contribution < -0.4 is 20.7 Å². The number of carbonyl (C=O) groups excluding carboxylic acids is 1. The van der Waals surface area contributed by atoms with Crippen molar-refractivity contribution in [1.82, 2.24) is 10.6 Å². The van der Waals surface area contributed by atoms with E-state index >= 15 is 0 Å². The summed E-state index contributed by atoms with van der Waals surface area (Å²) in [7, 11) is 0. The Bertz CT molecular complexity index is 2100. The summed E-state index contributed by atoms with van der Waals surface area (Å²) in [4.78, 5) is 35.6. The van der Waals surface area contributed by atoms with E-state index in [4.69, 9.17) is 66.7 Å². The summed E-state index contributed by atoms with van der Waals surface area (Å²) in [6.45, 7) is 20.1. The van der Waals surface area contributed by atoms with Crippen LogP contribution in [0.3, 0.4) is 0 Å². The molecule has 0 heterocycles. The van der Waals surface area contributed by atoms with Gasteiger partial charge >= 0.3 is 11.9 Å². The molecule has 22 heteroatoms. The van der Waals surface area contributed by atoms with Crippen LogP contribution in [0.2, 0.25) is 0 Å². The number of amides is 1.